The van der Waals surface area contributed by atoms with E-state index in [0.717, 1.165) is 16.5 Å². The van der Waals surface area contributed by atoms with Gasteiger partial charge in [0.25, 0.3) is 0 Å². The minimum absolute atomic E-state index is 0.373. The molecule has 1 N–H and O–H groups in total. The van der Waals surface area contributed by atoms with E-state index in [1.165, 1.54) is 6.08 Å². The second-order valence-electron chi connectivity index (χ2n) is 2.70. The van der Waals surface area contributed by atoms with Crippen molar-refractivity contribution < 1.29 is 4.79 Å². The maximum atomic E-state index is 9.88. The highest BCUT2D eigenvalue weighted by atomic mass is 16.1. The van der Waals surface area contributed by atoms with Gasteiger partial charge in [-0.2, -0.15) is 5.10 Å². The summed E-state index contributed by atoms with van der Waals surface area (Å²) in [6.45, 7) is 0.373. The molecule has 1 aromatic heterocycles. The second kappa shape index (κ2) is 3.21. The number of rotatable bonds is 2. The van der Waals surface area contributed by atoms with Crippen LogP contribution in [0.25, 0.3) is 10.9 Å². The van der Waals surface area contributed by atoms with Crippen LogP contribution in [0.2, 0.25) is 0 Å². The van der Waals surface area contributed by atoms with Crippen LogP contribution in [0.15, 0.2) is 29.4 Å². The fourth-order valence-corrected chi connectivity index (χ4v) is 1.21. The molecular weight excluding hydrogens is 166 g/mol. The van der Waals surface area contributed by atoms with Gasteiger partial charge in [-0.15, -0.1) is 0 Å². The molecular formula is C9H7N3O. The predicted molar refractivity (Wildman–Crippen MR) is 47.9 cm³/mol. The van der Waals surface area contributed by atoms with Crippen molar-refractivity contribution in [2.24, 2.45) is 4.99 Å². The Morgan fingerprint density at radius 3 is 3.31 bits per heavy atom. The molecule has 0 unspecified atom stereocenters. The Bertz CT molecular complexity index is 468. The van der Waals surface area contributed by atoms with Crippen LogP contribution in [0, 0.1) is 0 Å². The molecule has 1 heterocycles. The smallest absolute Gasteiger partial charge is 0.235 e. The Morgan fingerprint density at radius 1 is 1.54 bits per heavy atom. The Hall–Kier alpha value is -1.93. The summed E-state index contributed by atoms with van der Waals surface area (Å²) in [5.41, 5.74) is 1.93. The molecule has 0 saturated heterocycles. The van der Waals surface area contributed by atoms with Crippen LogP contribution in [0.4, 0.5) is 0 Å². The Labute approximate surface area is 74.3 Å². The van der Waals surface area contributed by atoms with Crippen molar-refractivity contribution in [3.8, 4) is 0 Å². The number of nitrogens with one attached hydrogen (secondary N) is 1. The largest absolute Gasteiger partial charge is 0.278 e. The van der Waals surface area contributed by atoms with Crippen LogP contribution in [0.3, 0.4) is 0 Å². The van der Waals surface area contributed by atoms with Crippen molar-refractivity contribution in [2.75, 3.05) is 0 Å². The zero-order valence-electron chi connectivity index (χ0n) is 6.82. The first-order valence-corrected chi connectivity index (χ1v) is 3.86. The normalized spacial score (nSPS) is 9.85. The average molecular weight is 173 g/mol. The maximum Gasteiger partial charge on any atom is 0.235 e. The van der Waals surface area contributed by atoms with Crippen molar-refractivity contribution in [2.45, 2.75) is 6.54 Å². The Balaban J connectivity index is 2.42. The number of fused-ring (bicyclic) bond motifs is 1. The summed E-state index contributed by atoms with van der Waals surface area (Å²) >= 11 is 0. The highest BCUT2D eigenvalue weighted by molar-refractivity contribution is 5.78. The van der Waals surface area contributed by atoms with Crippen LogP contribution in [0.5, 0.6) is 0 Å². The zero-order chi connectivity index (χ0) is 9.10. The summed E-state index contributed by atoms with van der Waals surface area (Å²) < 4.78 is 0. The van der Waals surface area contributed by atoms with Crippen LogP contribution in [-0.2, 0) is 11.3 Å². The lowest BCUT2D eigenvalue weighted by molar-refractivity contribution is 0.563. The summed E-state index contributed by atoms with van der Waals surface area (Å²) in [5, 5.41) is 7.79. The summed E-state index contributed by atoms with van der Waals surface area (Å²) in [5.74, 6) is 0. The van der Waals surface area contributed by atoms with Crippen molar-refractivity contribution in [3.63, 3.8) is 0 Å². The van der Waals surface area contributed by atoms with Crippen molar-refractivity contribution in [1.29, 1.82) is 0 Å². The van der Waals surface area contributed by atoms with Gasteiger partial charge < -0.3 is 0 Å². The quantitative estimate of drug-likeness (QED) is 0.551. The molecule has 0 radical (unpaired) electrons. The molecule has 13 heavy (non-hydrogen) atoms. The fraction of sp³-hybridized carbons (Fsp3) is 0.111. The minimum atomic E-state index is 0.373. The molecule has 0 bridgehead atoms. The van der Waals surface area contributed by atoms with Gasteiger partial charge in [-0.05, 0) is 11.6 Å². The van der Waals surface area contributed by atoms with Gasteiger partial charge >= 0.3 is 0 Å². The zero-order valence-corrected chi connectivity index (χ0v) is 6.82. The second-order valence-corrected chi connectivity index (χ2v) is 2.70. The van der Waals surface area contributed by atoms with E-state index in [4.69, 9.17) is 0 Å². The van der Waals surface area contributed by atoms with E-state index in [2.05, 4.69) is 15.2 Å². The van der Waals surface area contributed by atoms with Crippen LogP contribution in [0.1, 0.15) is 5.56 Å². The number of H-pyrrole nitrogens is 1. The van der Waals surface area contributed by atoms with E-state index < -0.39 is 0 Å². The molecule has 0 aliphatic heterocycles. The third kappa shape index (κ3) is 1.48. The average Bonchev–Trinajstić information content (AvgIpc) is 2.61. The number of hydrogen-bond donors (Lipinski definition) is 1. The number of aromatic amines is 1. The number of hydrogen-bond acceptors (Lipinski definition) is 3. The van der Waals surface area contributed by atoms with E-state index >= 15 is 0 Å². The first-order valence-electron chi connectivity index (χ1n) is 3.86. The van der Waals surface area contributed by atoms with E-state index in [1.807, 2.05) is 18.2 Å². The number of benzene rings is 1. The van der Waals surface area contributed by atoms with Crippen LogP contribution < -0.4 is 0 Å². The molecule has 0 fully saturated rings. The van der Waals surface area contributed by atoms with Crippen molar-refractivity contribution in [3.05, 3.63) is 30.0 Å². The lowest BCUT2D eigenvalue weighted by atomic mass is 10.2. The molecule has 64 valence electrons. The molecule has 4 heteroatoms. The number of nitrogens with zero attached hydrogens (tertiary/aromatic N) is 2. The predicted octanol–water partition coefficient (Wildman–Crippen LogP) is 1.40. The maximum absolute atomic E-state index is 9.88. The van der Waals surface area contributed by atoms with Gasteiger partial charge in [-0.3, -0.25) is 5.10 Å². The van der Waals surface area contributed by atoms with Crippen molar-refractivity contribution >= 4 is 17.0 Å². The number of carbonyl (C=O) groups excluding carboxylic acids is 1. The van der Waals surface area contributed by atoms with Gasteiger partial charge in [-0.1, -0.05) is 12.1 Å². The first kappa shape index (κ1) is 7.71. The van der Waals surface area contributed by atoms with Crippen molar-refractivity contribution in [1.82, 2.24) is 10.2 Å². The Morgan fingerprint density at radius 2 is 2.46 bits per heavy atom. The third-order valence-electron chi connectivity index (χ3n) is 1.83. The first-order chi connectivity index (χ1) is 6.40. The summed E-state index contributed by atoms with van der Waals surface area (Å²) in [7, 11) is 0. The summed E-state index contributed by atoms with van der Waals surface area (Å²) in [4.78, 5) is 13.4. The van der Waals surface area contributed by atoms with Gasteiger partial charge in [-0.25, -0.2) is 9.79 Å². The van der Waals surface area contributed by atoms with Gasteiger partial charge in [0.05, 0.1) is 18.3 Å². The molecule has 0 amide bonds. The van der Waals surface area contributed by atoms with Crippen LogP contribution in [-0.4, -0.2) is 16.3 Å². The van der Waals surface area contributed by atoms with Gasteiger partial charge in [0.15, 0.2) is 0 Å². The third-order valence-corrected chi connectivity index (χ3v) is 1.83. The Kier molecular flexibility index (Phi) is 1.90. The monoisotopic (exact) mass is 173 g/mol. The molecule has 0 atom stereocenters. The lowest BCUT2D eigenvalue weighted by Crippen LogP contribution is -1.80. The highest BCUT2D eigenvalue weighted by Gasteiger charge is 1.96. The van der Waals surface area contributed by atoms with Gasteiger partial charge in [0.2, 0.25) is 6.08 Å². The molecule has 2 aromatic rings. The molecule has 4 nitrogen and oxygen atoms in total. The number of isocyanates is 1. The van der Waals surface area contributed by atoms with E-state index in [9.17, 15) is 4.79 Å². The molecule has 0 saturated carbocycles. The van der Waals surface area contributed by atoms with E-state index in [-0.39, 0.29) is 0 Å². The SMILES string of the molecule is O=C=NCc1ccc2cn[nH]c2c1. The minimum Gasteiger partial charge on any atom is -0.278 e. The molecule has 0 spiro atoms. The lowest BCUT2D eigenvalue weighted by Gasteiger charge is -1.93. The van der Waals surface area contributed by atoms with Crippen LogP contribution >= 0.6 is 0 Å². The standard InChI is InChI=1S/C9H7N3O/c13-6-10-4-7-1-2-8-5-11-12-9(8)3-7/h1-3,5H,4H2,(H,11,12). The molecule has 2 rings (SSSR count). The van der Waals surface area contributed by atoms with Gasteiger partial charge in [0, 0.05) is 5.39 Å². The highest BCUT2D eigenvalue weighted by Crippen LogP contribution is 2.12. The topological polar surface area (TPSA) is 58.1 Å². The number of aliphatic imine (C=N–C) groups is 1. The summed E-state index contributed by atoms with van der Waals surface area (Å²) in [6.07, 6.45) is 3.26. The van der Waals surface area contributed by atoms with E-state index in [1.54, 1.807) is 6.20 Å². The summed E-state index contributed by atoms with van der Waals surface area (Å²) in [6, 6.07) is 5.77. The van der Waals surface area contributed by atoms with Gasteiger partial charge in [0.1, 0.15) is 0 Å². The molecule has 0 aliphatic carbocycles. The molecule has 1 aromatic carbocycles. The number of aromatic nitrogens is 2. The fourth-order valence-electron chi connectivity index (χ4n) is 1.21. The van der Waals surface area contributed by atoms with E-state index in [0.29, 0.717) is 6.54 Å². The molecule has 0 aliphatic rings.